The summed E-state index contributed by atoms with van der Waals surface area (Å²) >= 11 is 0. The Hall–Kier alpha value is -1.30. The standard InChI is InChI=1S/C8H17N3O3/c1-6(5-7(9)11-13)10-8(12)3-4-14-2/h6,13H,3-5H2,1-2H3,(H2,9,11)(H,10,12). The maximum Gasteiger partial charge on any atom is 0.222 e. The molecule has 4 N–H and O–H groups in total. The molecule has 6 nitrogen and oxygen atoms in total. The zero-order chi connectivity index (χ0) is 11.0. The van der Waals surface area contributed by atoms with Gasteiger partial charge in [-0.15, -0.1) is 0 Å². The van der Waals surface area contributed by atoms with Crippen LogP contribution in [0.5, 0.6) is 0 Å². The smallest absolute Gasteiger partial charge is 0.222 e. The van der Waals surface area contributed by atoms with E-state index >= 15 is 0 Å². The van der Waals surface area contributed by atoms with Gasteiger partial charge in [0.2, 0.25) is 5.91 Å². The van der Waals surface area contributed by atoms with Crippen LogP contribution in [-0.2, 0) is 9.53 Å². The predicted octanol–water partition coefficient (Wildman–Crippen LogP) is -0.336. The Bertz CT molecular complexity index is 206. The lowest BCUT2D eigenvalue weighted by molar-refractivity contribution is -0.122. The molecule has 0 fully saturated rings. The van der Waals surface area contributed by atoms with Gasteiger partial charge in [0, 0.05) is 26.0 Å². The number of nitrogens with two attached hydrogens (primary N) is 1. The Kier molecular flexibility index (Phi) is 6.47. The highest BCUT2D eigenvalue weighted by atomic mass is 16.5. The molecule has 0 heterocycles. The van der Waals surface area contributed by atoms with Crippen molar-refractivity contribution >= 4 is 11.7 Å². The molecule has 82 valence electrons. The molecule has 0 aromatic rings. The van der Waals surface area contributed by atoms with E-state index in [-0.39, 0.29) is 17.8 Å². The minimum Gasteiger partial charge on any atom is -0.409 e. The van der Waals surface area contributed by atoms with E-state index < -0.39 is 0 Å². The Labute approximate surface area is 83.1 Å². The van der Waals surface area contributed by atoms with Crippen LogP contribution in [0.15, 0.2) is 5.16 Å². The van der Waals surface area contributed by atoms with Crippen LogP contribution in [-0.4, -0.2) is 36.7 Å². The average molecular weight is 203 g/mol. The highest BCUT2D eigenvalue weighted by Gasteiger charge is 2.08. The van der Waals surface area contributed by atoms with Gasteiger partial charge in [0.05, 0.1) is 6.61 Å². The van der Waals surface area contributed by atoms with Crippen molar-refractivity contribution in [2.45, 2.75) is 25.8 Å². The second-order valence-corrected chi connectivity index (χ2v) is 3.01. The highest BCUT2D eigenvalue weighted by Crippen LogP contribution is 1.92. The van der Waals surface area contributed by atoms with E-state index in [4.69, 9.17) is 15.7 Å². The van der Waals surface area contributed by atoms with Crippen molar-refractivity contribution in [3.8, 4) is 0 Å². The van der Waals surface area contributed by atoms with E-state index in [2.05, 4.69) is 10.5 Å². The summed E-state index contributed by atoms with van der Waals surface area (Å²) in [5, 5.41) is 13.8. The third-order valence-electron chi connectivity index (χ3n) is 1.58. The minimum absolute atomic E-state index is 0.101. The zero-order valence-electron chi connectivity index (χ0n) is 8.49. The second kappa shape index (κ2) is 7.14. The van der Waals surface area contributed by atoms with Crippen molar-refractivity contribution in [2.75, 3.05) is 13.7 Å². The number of hydrogen-bond acceptors (Lipinski definition) is 4. The van der Waals surface area contributed by atoms with E-state index in [1.165, 1.54) is 7.11 Å². The number of methoxy groups -OCH3 is 1. The predicted molar refractivity (Wildman–Crippen MR) is 52.1 cm³/mol. The molecule has 0 rings (SSSR count). The Morgan fingerprint density at radius 2 is 2.36 bits per heavy atom. The van der Waals surface area contributed by atoms with Crippen LogP contribution in [0.3, 0.4) is 0 Å². The van der Waals surface area contributed by atoms with Crippen LogP contribution in [0.25, 0.3) is 0 Å². The molecule has 0 aromatic carbocycles. The molecule has 14 heavy (non-hydrogen) atoms. The van der Waals surface area contributed by atoms with Gasteiger partial charge in [-0.3, -0.25) is 4.79 Å². The van der Waals surface area contributed by atoms with E-state index in [1.807, 2.05) is 0 Å². The molecule has 1 amide bonds. The maximum atomic E-state index is 11.1. The normalized spacial score (nSPS) is 13.7. The second-order valence-electron chi connectivity index (χ2n) is 3.01. The molecule has 0 aliphatic heterocycles. The van der Waals surface area contributed by atoms with Crippen LogP contribution < -0.4 is 11.1 Å². The van der Waals surface area contributed by atoms with Crippen molar-refractivity contribution in [3.63, 3.8) is 0 Å². The molecular weight excluding hydrogens is 186 g/mol. The van der Waals surface area contributed by atoms with Gasteiger partial charge in [-0.05, 0) is 6.92 Å². The largest absolute Gasteiger partial charge is 0.409 e. The van der Waals surface area contributed by atoms with Gasteiger partial charge in [-0.2, -0.15) is 0 Å². The molecule has 0 aliphatic rings. The summed E-state index contributed by atoms with van der Waals surface area (Å²) in [6.45, 7) is 2.17. The molecule has 0 bridgehead atoms. The SMILES string of the molecule is COCCC(=O)NC(C)CC(N)=NO. The van der Waals surface area contributed by atoms with Gasteiger partial charge in [0.25, 0.3) is 0 Å². The molecular formula is C8H17N3O3. The average Bonchev–Trinajstić information content (AvgIpc) is 2.14. The Morgan fingerprint density at radius 1 is 1.71 bits per heavy atom. The number of nitrogens with one attached hydrogen (secondary N) is 1. The van der Waals surface area contributed by atoms with Crippen molar-refractivity contribution in [1.29, 1.82) is 0 Å². The van der Waals surface area contributed by atoms with Crippen molar-refractivity contribution < 1.29 is 14.7 Å². The quantitative estimate of drug-likeness (QED) is 0.238. The first-order chi connectivity index (χ1) is 6.60. The molecule has 1 unspecified atom stereocenters. The lowest BCUT2D eigenvalue weighted by Gasteiger charge is -2.12. The number of oxime groups is 1. The maximum absolute atomic E-state index is 11.1. The number of rotatable bonds is 6. The van der Waals surface area contributed by atoms with Gasteiger partial charge < -0.3 is 21.0 Å². The number of amides is 1. The number of hydrogen-bond donors (Lipinski definition) is 3. The first kappa shape index (κ1) is 12.7. The van der Waals surface area contributed by atoms with Gasteiger partial charge >= 0.3 is 0 Å². The Balaban J connectivity index is 3.71. The molecule has 0 saturated heterocycles. The molecule has 0 spiro atoms. The van der Waals surface area contributed by atoms with Gasteiger partial charge in [0.1, 0.15) is 5.84 Å². The fourth-order valence-corrected chi connectivity index (χ4v) is 0.947. The van der Waals surface area contributed by atoms with E-state index in [9.17, 15) is 4.79 Å². The van der Waals surface area contributed by atoms with Gasteiger partial charge in [-0.25, -0.2) is 0 Å². The van der Waals surface area contributed by atoms with Crippen LogP contribution >= 0.6 is 0 Å². The summed E-state index contributed by atoms with van der Waals surface area (Å²) in [4.78, 5) is 11.1. The number of ether oxygens (including phenoxy) is 1. The summed E-state index contributed by atoms with van der Waals surface area (Å²) in [6, 6.07) is -0.143. The zero-order valence-corrected chi connectivity index (χ0v) is 8.49. The van der Waals surface area contributed by atoms with Crippen molar-refractivity contribution in [2.24, 2.45) is 10.9 Å². The molecule has 6 heteroatoms. The summed E-state index contributed by atoms with van der Waals surface area (Å²) in [7, 11) is 1.53. The lowest BCUT2D eigenvalue weighted by atomic mass is 10.2. The third kappa shape index (κ3) is 6.24. The lowest BCUT2D eigenvalue weighted by Crippen LogP contribution is -2.36. The summed E-state index contributed by atoms with van der Waals surface area (Å²) < 4.78 is 4.75. The van der Waals surface area contributed by atoms with Gasteiger partial charge in [0.15, 0.2) is 0 Å². The van der Waals surface area contributed by atoms with Crippen LogP contribution in [0.4, 0.5) is 0 Å². The summed E-state index contributed by atoms with van der Waals surface area (Å²) in [5.41, 5.74) is 5.27. The molecule has 0 aromatic heterocycles. The van der Waals surface area contributed by atoms with Gasteiger partial charge in [-0.1, -0.05) is 5.16 Å². The Morgan fingerprint density at radius 3 is 2.86 bits per heavy atom. The van der Waals surface area contributed by atoms with Crippen LogP contribution in [0.1, 0.15) is 19.8 Å². The molecule has 0 saturated carbocycles. The summed E-state index contributed by atoms with van der Waals surface area (Å²) in [6.07, 6.45) is 0.645. The fraction of sp³-hybridized carbons (Fsp3) is 0.750. The first-order valence-electron chi connectivity index (χ1n) is 4.34. The van der Waals surface area contributed by atoms with Crippen LogP contribution in [0, 0.1) is 0 Å². The summed E-state index contributed by atoms with van der Waals surface area (Å²) in [5.74, 6) is -0.00497. The van der Waals surface area contributed by atoms with Crippen molar-refractivity contribution in [3.05, 3.63) is 0 Å². The molecule has 0 radical (unpaired) electrons. The number of carbonyl (C=O) groups is 1. The topological polar surface area (TPSA) is 96.9 Å². The molecule has 0 aliphatic carbocycles. The number of carbonyl (C=O) groups excluding carboxylic acids is 1. The number of amidine groups is 1. The van der Waals surface area contributed by atoms with Crippen molar-refractivity contribution in [1.82, 2.24) is 5.32 Å². The van der Waals surface area contributed by atoms with E-state index in [0.29, 0.717) is 19.4 Å². The number of nitrogens with zero attached hydrogens (tertiary/aromatic N) is 1. The first-order valence-corrected chi connectivity index (χ1v) is 4.34. The highest BCUT2D eigenvalue weighted by molar-refractivity contribution is 5.81. The fourth-order valence-electron chi connectivity index (χ4n) is 0.947. The minimum atomic E-state index is -0.143. The monoisotopic (exact) mass is 203 g/mol. The molecule has 1 atom stereocenters. The van der Waals surface area contributed by atoms with E-state index in [0.717, 1.165) is 0 Å². The van der Waals surface area contributed by atoms with E-state index in [1.54, 1.807) is 6.92 Å². The van der Waals surface area contributed by atoms with Crippen LogP contribution in [0.2, 0.25) is 0 Å². The third-order valence-corrected chi connectivity index (χ3v) is 1.58.